The molecule has 220 valence electrons. The third kappa shape index (κ3) is 5.82. The predicted octanol–water partition coefficient (Wildman–Crippen LogP) is 5.30. The molecule has 0 saturated carbocycles. The summed E-state index contributed by atoms with van der Waals surface area (Å²) in [5.41, 5.74) is 1.44. The van der Waals surface area contributed by atoms with Crippen LogP contribution in [0.5, 0.6) is 23.0 Å². The fourth-order valence-corrected chi connectivity index (χ4v) is 4.62. The number of amides is 2. The van der Waals surface area contributed by atoms with E-state index in [2.05, 4.69) is 15.3 Å². The van der Waals surface area contributed by atoms with Gasteiger partial charge in [-0.2, -0.15) is 0 Å². The van der Waals surface area contributed by atoms with Gasteiger partial charge in [0.2, 0.25) is 0 Å². The lowest BCUT2D eigenvalue weighted by molar-refractivity contribution is 0.214. The van der Waals surface area contributed by atoms with E-state index in [0.29, 0.717) is 39.5 Å². The van der Waals surface area contributed by atoms with Crippen molar-refractivity contribution in [2.24, 2.45) is 7.05 Å². The molecule has 10 nitrogen and oxygen atoms in total. The number of pyridine rings is 1. The van der Waals surface area contributed by atoms with Crippen LogP contribution < -0.4 is 25.1 Å². The molecule has 1 N–H and O–H groups in total. The van der Waals surface area contributed by atoms with Crippen LogP contribution in [0.15, 0.2) is 83.9 Å². The Labute approximate surface area is 247 Å². The maximum Gasteiger partial charge on any atom is 0.317 e. The fraction of sp³-hybridized carbons (Fsp3) is 0.188. The van der Waals surface area contributed by atoms with E-state index in [4.69, 9.17) is 14.2 Å². The minimum absolute atomic E-state index is 0.0389. The molecule has 3 aromatic carbocycles. The zero-order valence-corrected chi connectivity index (χ0v) is 24.3. The number of halogens is 1. The second kappa shape index (κ2) is 12.2. The minimum atomic E-state index is -0.691. The summed E-state index contributed by atoms with van der Waals surface area (Å²) in [6, 6.07) is 17.5. The summed E-state index contributed by atoms with van der Waals surface area (Å²) in [5.74, 6) is 0.966. The quantitative estimate of drug-likeness (QED) is 0.264. The number of hydrogen-bond acceptors (Lipinski definition) is 7. The van der Waals surface area contributed by atoms with Crippen molar-refractivity contribution in [1.82, 2.24) is 24.8 Å². The minimum Gasteiger partial charge on any atom is -0.493 e. The summed E-state index contributed by atoms with van der Waals surface area (Å²) in [6.07, 6.45) is 2.94. The Hall–Kier alpha value is -5.45. The molecule has 2 aromatic heterocycles. The molecule has 43 heavy (non-hydrogen) atoms. The van der Waals surface area contributed by atoms with E-state index >= 15 is 4.39 Å². The SMILES string of the molecule is COc1cc2nccc(Oc3ccc(-c4cnc(C(NC(=O)N(C)C)c5ccccc5)n(C)c4=O)cc3F)c2cc1OC. The first-order valence-corrected chi connectivity index (χ1v) is 13.3. The summed E-state index contributed by atoms with van der Waals surface area (Å²) in [5, 5.41) is 3.51. The fourth-order valence-electron chi connectivity index (χ4n) is 4.62. The van der Waals surface area contributed by atoms with Gasteiger partial charge in [-0.05, 0) is 35.4 Å². The van der Waals surface area contributed by atoms with Gasteiger partial charge < -0.3 is 24.4 Å². The lowest BCUT2D eigenvalue weighted by Crippen LogP contribution is -2.40. The summed E-state index contributed by atoms with van der Waals surface area (Å²) >= 11 is 0. The average Bonchev–Trinajstić information content (AvgIpc) is 3.02. The molecule has 0 spiro atoms. The Bertz CT molecular complexity index is 1860. The predicted molar refractivity (Wildman–Crippen MR) is 160 cm³/mol. The van der Waals surface area contributed by atoms with Crippen LogP contribution in [0.4, 0.5) is 9.18 Å². The van der Waals surface area contributed by atoms with Crippen LogP contribution in [0.25, 0.3) is 22.0 Å². The van der Waals surface area contributed by atoms with Gasteiger partial charge in [-0.15, -0.1) is 0 Å². The maximum absolute atomic E-state index is 15.4. The van der Waals surface area contributed by atoms with Crippen LogP contribution in [0.1, 0.15) is 17.4 Å². The van der Waals surface area contributed by atoms with Crippen molar-refractivity contribution < 1.29 is 23.4 Å². The largest absolute Gasteiger partial charge is 0.493 e. The number of carbonyl (C=O) groups is 1. The van der Waals surface area contributed by atoms with Gasteiger partial charge in [-0.1, -0.05) is 36.4 Å². The first-order valence-electron chi connectivity index (χ1n) is 13.3. The summed E-state index contributed by atoms with van der Waals surface area (Å²) in [4.78, 5) is 36.3. The molecule has 0 saturated heterocycles. The highest BCUT2D eigenvalue weighted by Gasteiger charge is 2.23. The zero-order chi connectivity index (χ0) is 30.7. The van der Waals surface area contributed by atoms with E-state index in [1.165, 1.54) is 42.0 Å². The van der Waals surface area contributed by atoms with Crippen molar-refractivity contribution in [1.29, 1.82) is 0 Å². The van der Waals surface area contributed by atoms with E-state index in [1.54, 1.807) is 51.6 Å². The van der Waals surface area contributed by atoms with E-state index in [-0.39, 0.29) is 17.3 Å². The van der Waals surface area contributed by atoms with Crippen molar-refractivity contribution in [2.45, 2.75) is 6.04 Å². The van der Waals surface area contributed by atoms with Gasteiger partial charge >= 0.3 is 6.03 Å². The number of nitrogens with zero attached hydrogens (tertiary/aromatic N) is 4. The van der Waals surface area contributed by atoms with Gasteiger partial charge in [-0.25, -0.2) is 14.2 Å². The van der Waals surface area contributed by atoms with E-state index in [1.807, 2.05) is 30.3 Å². The number of benzene rings is 3. The first-order chi connectivity index (χ1) is 20.7. The van der Waals surface area contributed by atoms with Crippen LogP contribution in [0.2, 0.25) is 0 Å². The molecule has 0 aliphatic heterocycles. The normalized spacial score (nSPS) is 11.6. The number of hydrogen-bond donors (Lipinski definition) is 1. The number of carbonyl (C=O) groups excluding carboxylic acids is 1. The number of fused-ring (bicyclic) bond motifs is 1. The Morgan fingerprint density at radius 1 is 0.930 bits per heavy atom. The highest BCUT2D eigenvalue weighted by molar-refractivity contribution is 5.88. The van der Waals surface area contributed by atoms with Crippen molar-refractivity contribution in [3.8, 4) is 34.1 Å². The van der Waals surface area contributed by atoms with E-state index in [0.717, 1.165) is 5.56 Å². The van der Waals surface area contributed by atoms with Crippen LogP contribution in [0, 0.1) is 5.82 Å². The number of rotatable bonds is 8. The van der Waals surface area contributed by atoms with Crippen molar-refractivity contribution in [3.05, 3.63) is 107 Å². The standard InChI is InChI=1S/C32H30FN5O5/c1-37(2)32(40)36-29(19-9-7-6-8-10-19)30-35-18-22(31(39)38(30)3)20-11-12-26(23(33)15-20)43-25-13-14-34-24-17-28(42-5)27(41-4)16-21(24)25/h6-18,29H,1-5H3,(H,36,40). The summed E-state index contributed by atoms with van der Waals surface area (Å²) in [6.45, 7) is 0. The van der Waals surface area contributed by atoms with Crippen LogP contribution in [0.3, 0.4) is 0 Å². The number of urea groups is 1. The second-order valence-electron chi connectivity index (χ2n) is 9.86. The lowest BCUT2D eigenvalue weighted by Gasteiger charge is -2.23. The molecule has 0 aliphatic rings. The van der Waals surface area contributed by atoms with Gasteiger partial charge in [0.25, 0.3) is 5.56 Å². The maximum atomic E-state index is 15.4. The number of nitrogens with one attached hydrogen (secondary N) is 1. The van der Waals surface area contributed by atoms with E-state index < -0.39 is 17.4 Å². The molecule has 11 heteroatoms. The van der Waals surface area contributed by atoms with E-state index in [9.17, 15) is 9.59 Å². The molecule has 0 fully saturated rings. The highest BCUT2D eigenvalue weighted by atomic mass is 19.1. The van der Waals surface area contributed by atoms with Crippen LogP contribution in [-0.4, -0.2) is 53.8 Å². The van der Waals surface area contributed by atoms with Gasteiger partial charge in [0.1, 0.15) is 17.6 Å². The topological polar surface area (TPSA) is 108 Å². The van der Waals surface area contributed by atoms with Crippen molar-refractivity contribution >= 4 is 16.9 Å². The van der Waals surface area contributed by atoms with Gasteiger partial charge in [-0.3, -0.25) is 14.3 Å². The second-order valence-corrected chi connectivity index (χ2v) is 9.86. The third-order valence-electron chi connectivity index (χ3n) is 6.94. The average molecular weight is 584 g/mol. The zero-order valence-electron chi connectivity index (χ0n) is 24.3. The van der Waals surface area contributed by atoms with Gasteiger partial charge in [0.05, 0.1) is 25.3 Å². The summed E-state index contributed by atoms with van der Waals surface area (Å²) in [7, 11) is 7.87. The number of ether oxygens (including phenoxy) is 3. The molecular formula is C32H30FN5O5. The lowest BCUT2D eigenvalue weighted by atomic mass is 10.0. The molecule has 1 atom stereocenters. The molecular weight excluding hydrogens is 553 g/mol. The summed E-state index contributed by atoms with van der Waals surface area (Å²) < 4.78 is 33.4. The number of aromatic nitrogens is 3. The molecule has 0 aliphatic carbocycles. The smallest absolute Gasteiger partial charge is 0.317 e. The van der Waals surface area contributed by atoms with Crippen molar-refractivity contribution in [3.63, 3.8) is 0 Å². The molecule has 0 bridgehead atoms. The Morgan fingerprint density at radius 2 is 1.65 bits per heavy atom. The Balaban J connectivity index is 1.48. The monoisotopic (exact) mass is 583 g/mol. The molecule has 2 heterocycles. The Kier molecular flexibility index (Phi) is 8.24. The highest BCUT2D eigenvalue weighted by Crippen LogP contribution is 2.37. The van der Waals surface area contributed by atoms with Crippen molar-refractivity contribution in [2.75, 3.05) is 28.3 Å². The molecule has 1 unspecified atom stereocenters. The Morgan fingerprint density at radius 3 is 2.33 bits per heavy atom. The molecule has 0 radical (unpaired) electrons. The molecule has 2 amide bonds. The van der Waals surface area contributed by atoms with Crippen LogP contribution >= 0.6 is 0 Å². The first kappa shape index (κ1) is 29.1. The van der Waals surface area contributed by atoms with Gasteiger partial charge in [0, 0.05) is 45.0 Å². The molecule has 5 rings (SSSR count). The number of methoxy groups -OCH3 is 2. The van der Waals surface area contributed by atoms with Gasteiger partial charge in [0.15, 0.2) is 23.1 Å². The molecule has 5 aromatic rings. The van der Waals surface area contributed by atoms with Crippen LogP contribution in [-0.2, 0) is 7.05 Å². The third-order valence-corrected chi connectivity index (χ3v) is 6.94.